The lowest BCUT2D eigenvalue weighted by Crippen LogP contribution is -2.27. The molecule has 3 N–H and O–H groups in total. The van der Waals surface area contributed by atoms with Crippen molar-refractivity contribution in [3.05, 3.63) is 5.82 Å². The molecule has 2 heterocycles. The zero-order valence-corrected chi connectivity index (χ0v) is 10.7. The summed E-state index contributed by atoms with van der Waals surface area (Å²) in [5.41, 5.74) is 5.80. The number of hydrogen-bond donors (Lipinski definition) is 2. The number of nitrogens with one attached hydrogen (secondary N) is 1. The fraction of sp³-hybridized carbons (Fsp3) is 0.778. The van der Waals surface area contributed by atoms with Crippen molar-refractivity contribution in [1.82, 2.24) is 15.2 Å². The monoisotopic (exact) mass is 259 g/mol. The first kappa shape index (κ1) is 12.3. The Bertz CT molecular complexity index is 497. The van der Waals surface area contributed by atoms with Gasteiger partial charge in [-0.2, -0.15) is 4.98 Å². The SMILES string of the molecule is CC(c1nc(N2CCC(N)C2)n[nH]1)S(C)(=O)=O. The Morgan fingerprint density at radius 1 is 1.59 bits per heavy atom. The van der Waals surface area contributed by atoms with Gasteiger partial charge in [-0.25, -0.2) is 8.42 Å². The van der Waals surface area contributed by atoms with E-state index in [1.165, 1.54) is 6.26 Å². The van der Waals surface area contributed by atoms with Crippen LogP contribution in [0, 0.1) is 0 Å². The van der Waals surface area contributed by atoms with E-state index in [0.29, 0.717) is 18.3 Å². The third kappa shape index (κ3) is 2.58. The maximum Gasteiger partial charge on any atom is 0.244 e. The summed E-state index contributed by atoms with van der Waals surface area (Å²) in [4.78, 5) is 6.18. The standard InChI is InChI=1S/C9H17N5O2S/c1-6(17(2,15)16)8-11-9(13-12-8)14-4-3-7(10)5-14/h6-7H,3-5,10H2,1-2H3,(H,11,12,13). The van der Waals surface area contributed by atoms with Crippen LogP contribution in [0.1, 0.15) is 24.4 Å². The van der Waals surface area contributed by atoms with E-state index in [4.69, 9.17) is 5.73 Å². The lowest BCUT2D eigenvalue weighted by atomic mass is 10.3. The smallest absolute Gasteiger partial charge is 0.244 e. The molecule has 17 heavy (non-hydrogen) atoms. The molecule has 0 aromatic carbocycles. The van der Waals surface area contributed by atoms with E-state index in [2.05, 4.69) is 15.2 Å². The summed E-state index contributed by atoms with van der Waals surface area (Å²) < 4.78 is 22.8. The lowest BCUT2D eigenvalue weighted by molar-refractivity contribution is 0.589. The molecule has 2 unspecified atom stereocenters. The fourth-order valence-electron chi connectivity index (χ4n) is 1.76. The predicted molar refractivity (Wildman–Crippen MR) is 64.4 cm³/mol. The van der Waals surface area contributed by atoms with E-state index < -0.39 is 15.1 Å². The molecule has 0 amide bonds. The van der Waals surface area contributed by atoms with Crippen LogP contribution in [0.5, 0.6) is 0 Å². The molecule has 1 saturated heterocycles. The molecule has 1 aromatic heterocycles. The molecule has 2 atom stereocenters. The van der Waals surface area contributed by atoms with Crippen molar-refractivity contribution in [2.45, 2.75) is 24.6 Å². The van der Waals surface area contributed by atoms with Crippen LogP contribution in [-0.2, 0) is 9.84 Å². The minimum Gasteiger partial charge on any atom is -0.338 e. The van der Waals surface area contributed by atoms with Gasteiger partial charge < -0.3 is 10.6 Å². The van der Waals surface area contributed by atoms with Crippen molar-refractivity contribution in [2.24, 2.45) is 5.73 Å². The highest BCUT2D eigenvalue weighted by atomic mass is 32.2. The van der Waals surface area contributed by atoms with Crippen LogP contribution in [0.4, 0.5) is 5.95 Å². The van der Waals surface area contributed by atoms with Crippen LogP contribution < -0.4 is 10.6 Å². The Labute approximate surface area is 100 Å². The van der Waals surface area contributed by atoms with Gasteiger partial charge >= 0.3 is 0 Å². The Balaban J connectivity index is 2.16. The van der Waals surface area contributed by atoms with Crippen LogP contribution in [0.15, 0.2) is 0 Å². The summed E-state index contributed by atoms with van der Waals surface area (Å²) in [5, 5.41) is 6.05. The molecule has 7 nitrogen and oxygen atoms in total. The van der Waals surface area contributed by atoms with Gasteiger partial charge in [0.25, 0.3) is 0 Å². The van der Waals surface area contributed by atoms with Crippen molar-refractivity contribution < 1.29 is 8.42 Å². The average molecular weight is 259 g/mol. The Kier molecular flexibility index (Phi) is 3.09. The van der Waals surface area contributed by atoms with Gasteiger partial charge in [-0.05, 0) is 13.3 Å². The van der Waals surface area contributed by atoms with Crippen molar-refractivity contribution >= 4 is 15.8 Å². The molecule has 1 aliphatic rings. The van der Waals surface area contributed by atoms with Crippen LogP contribution in [0.25, 0.3) is 0 Å². The molecule has 1 fully saturated rings. The highest BCUT2D eigenvalue weighted by Crippen LogP contribution is 2.20. The fourth-order valence-corrected chi connectivity index (χ4v) is 2.27. The van der Waals surface area contributed by atoms with Gasteiger partial charge in [-0.3, -0.25) is 5.10 Å². The molecular weight excluding hydrogens is 242 g/mol. The number of aromatic nitrogens is 3. The maximum absolute atomic E-state index is 11.4. The normalized spacial score (nSPS) is 23.0. The number of nitrogens with zero attached hydrogens (tertiary/aromatic N) is 3. The molecule has 0 bridgehead atoms. The van der Waals surface area contributed by atoms with Gasteiger partial charge in [0.15, 0.2) is 9.84 Å². The van der Waals surface area contributed by atoms with Crippen LogP contribution in [-0.4, -0.2) is 49.0 Å². The van der Waals surface area contributed by atoms with Gasteiger partial charge in [-0.1, -0.05) is 0 Å². The first-order chi connectivity index (χ1) is 7.88. The van der Waals surface area contributed by atoms with E-state index in [0.717, 1.165) is 13.0 Å². The number of rotatable bonds is 3. The quantitative estimate of drug-likeness (QED) is 0.754. The average Bonchev–Trinajstić information content (AvgIpc) is 2.83. The number of hydrogen-bond acceptors (Lipinski definition) is 6. The van der Waals surface area contributed by atoms with E-state index >= 15 is 0 Å². The Morgan fingerprint density at radius 3 is 2.82 bits per heavy atom. The van der Waals surface area contributed by atoms with Gasteiger partial charge in [-0.15, -0.1) is 5.10 Å². The summed E-state index contributed by atoms with van der Waals surface area (Å²) in [6.45, 7) is 3.12. The number of sulfone groups is 1. The van der Waals surface area contributed by atoms with Crippen molar-refractivity contribution in [1.29, 1.82) is 0 Å². The van der Waals surface area contributed by atoms with Gasteiger partial charge in [0.2, 0.25) is 5.95 Å². The number of H-pyrrole nitrogens is 1. The third-order valence-electron chi connectivity index (χ3n) is 3.03. The highest BCUT2D eigenvalue weighted by Gasteiger charge is 2.25. The molecular formula is C9H17N5O2S. The molecule has 1 aliphatic heterocycles. The second-order valence-electron chi connectivity index (χ2n) is 4.49. The summed E-state index contributed by atoms with van der Waals surface area (Å²) in [6.07, 6.45) is 2.09. The van der Waals surface area contributed by atoms with Crippen LogP contribution in [0.3, 0.4) is 0 Å². The third-order valence-corrected chi connectivity index (χ3v) is 4.53. The zero-order chi connectivity index (χ0) is 12.6. The minimum absolute atomic E-state index is 0.143. The summed E-state index contributed by atoms with van der Waals surface area (Å²) >= 11 is 0. The first-order valence-electron chi connectivity index (χ1n) is 5.49. The molecule has 1 aromatic rings. The number of anilines is 1. The maximum atomic E-state index is 11.4. The lowest BCUT2D eigenvalue weighted by Gasteiger charge is -2.12. The molecule has 0 radical (unpaired) electrons. The summed E-state index contributed by atoms with van der Waals surface area (Å²) in [6, 6.07) is 0.143. The van der Waals surface area contributed by atoms with Gasteiger partial charge in [0.05, 0.1) is 0 Å². The number of nitrogens with two attached hydrogens (primary N) is 1. The molecule has 0 saturated carbocycles. The summed E-state index contributed by atoms with van der Waals surface area (Å²) in [7, 11) is -3.15. The van der Waals surface area contributed by atoms with E-state index in [-0.39, 0.29) is 6.04 Å². The van der Waals surface area contributed by atoms with Crippen LogP contribution in [0.2, 0.25) is 0 Å². The first-order valence-corrected chi connectivity index (χ1v) is 7.45. The molecule has 2 rings (SSSR count). The van der Waals surface area contributed by atoms with Gasteiger partial charge in [0, 0.05) is 25.4 Å². The highest BCUT2D eigenvalue weighted by molar-refractivity contribution is 7.90. The predicted octanol–water partition coefficient (Wildman–Crippen LogP) is -0.552. The van der Waals surface area contributed by atoms with Crippen molar-refractivity contribution in [2.75, 3.05) is 24.2 Å². The van der Waals surface area contributed by atoms with Gasteiger partial charge in [0.1, 0.15) is 11.1 Å². The van der Waals surface area contributed by atoms with Crippen molar-refractivity contribution in [3.63, 3.8) is 0 Å². The Hall–Kier alpha value is -1.15. The molecule has 0 aliphatic carbocycles. The van der Waals surface area contributed by atoms with Crippen LogP contribution >= 0.6 is 0 Å². The largest absolute Gasteiger partial charge is 0.338 e. The Morgan fingerprint density at radius 2 is 2.29 bits per heavy atom. The van der Waals surface area contributed by atoms with E-state index in [1.807, 2.05) is 4.90 Å². The number of aromatic amines is 1. The second kappa shape index (κ2) is 4.26. The van der Waals surface area contributed by atoms with E-state index in [1.54, 1.807) is 6.92 Å². The summed E-state index contributed by atoms with van der Waals surface area (Å²) in [5.74, 6) is 0.909. The van der Waals surface area contributed by atoms with E-state index in [9.17, 15) is 8.42 Å². The second-order valence-corrected chi connectivity index (χ2v) is 6.85. The topological polar surface area (TPSA) is 105 Å². The molecule has 0 spiro atoms. The zero-order valence-electron chi connectivity index (χ0n) is 9.92. The molecule has 96 valence electrons. The molecule has 8 heteroatoms. The van der Waals surface area contributed by atoms with Crippen molar-refractivity contribution in [3.8, 4) is 0 Å². The minimum atomic E-state index is -3.15.